The Bertz CT molecular complexity index is 697. The molecule has 1 heterocycles. The molecule has 3 rings (SSSR count). The van der Waals surface area contributed by atoms with E-state index in [0.717, 1.165) is 22.8 Å². The summed E-state index contributed by atoms with van der Waals surface area (Å²) in [6, 6.07) is 16.7. The topological polar surface area (TPSA) is 25.8 Å². The average molecular weight is 234 g/mol. The molecule has 0 radical (unpaired) electrons. The van der Waals surface area contributed by atoms with Gasteiger partial charge in [0, 0.05) is 17.0 Å². The Hall–Kier alpha value is -2.22. The van der Waals surface area contributed by atoms with Crippen molar-refractivity contribution in [3.63, 3.8) is 0 Å². The fourth-order valence-electron chi connectivity index (χ4n) is 2.18. The Labute approximate surface area is 106 Å². The van der Waals surface area contributed by atoms with E-state index in [1.54, 1.807) is 0 Å². The zero-order valence-electron chi connectivity index (χ0n) is 10.5. The van der Waals surface area contributed by atoms with Gasteiger partial charge in [-0.3, -0.25) is 0 Å². The molecule has 0 N–H and O–H groups in total. The number of fused-ring (bicyclic) bond motifs is 1. The molecule has 0 amide bonds. The van der Waals surface area contributed by atoms with Crippen LogP contribution in [0.4, 0.5) is 0 Å². The minimum Gasteiger partial charge on any atom is -0.233 e. The van der Waals surface area contributed by atoms with Gasteiger partial charge in [0.05, 0.1) is 0 Å². The maximum Gasteiger partial charge on any atom is 0.159 e. The number of nitrogens with zero attached hydrogens (tertiary/aromatic N) is 2. The highest BCUT2D eigenvalue weighted by Crippen LogP contribution is 2.22. The first kappa shape index (κ1) is 10.9. The second-order valence-electron chi connectivity index (χ2n) is 4.54. The van der Waals surface area contributed by atoms with E-state index in [1.807, 2.05) is 19.9 Å². The average Bonchev–Trinajstić information content (AvgIpc) is 2.37. The van der Waals surface area contributed by atoms with Crippen LogP contribution in [-0.4, -0.2) is 9.97 Å². The van der Waals surface area contributed by atoms with Crippen LogP contribution in [0.3, 0.4) is 0 Å². The smallest absolute Gasteiger partial charge is 0.159 e. The van der Waals surface area contributed by atoms with Gasteiger partial charge in [-0.2, -0.15) is 0 Å². The summed E-state index contributed by atoms with van der Waals surface area (Å²) in [5.74, 6) is 0.804. The normalized spacial score (nSPS) is 10.8. The van der Waals surface area contributed by atoms with Crippen LogP contribution in [0, 0.1) is 13.8 Å². The number of benzene rings is 2. The van der Waals surface area contributed by atoms with Crippen LogP contribution in [0.1, 0.15) is 11.4 Å². The summed E-state index contributed by atoms with van der Waals surface area (Å²) >= 11 is 0. The standard InChI is InChI=1S/C16H14N2/c1-11-9-12(2)18-16(17-11)15-8-7-13-5-3-4-6-14(13)10-15/h3-10H,1-2H3. The molecule has 0 saturated heterocycles. The third-order valence-corrected chi connectivity index (χ3v) is 2.99. The molecule has 0 unspecified atom stereocenters. The van der Waals surface area contributed by atoms with E-state index in [1.165, 1.54) is 10.8 Å². The Balaban J connectivity index is 2.19. The van der Waals surface area contributed by atoms with Crippen LogP contribution in [0.5, 0.6) is 0 Å². The third kappa shape index (κ3) is 1.97. The third-order valence-electron chi connectivity index (χ3n) is 2.99. The predicted molar refractivity (Wildman–Crippen MR) is 74.4 cm³/mol. The van der Waals surface area contributed by atoms with Crippen molar-refractivity contribution < 1.29 is 0 Å². The number of hydrogen-bond acceptors (Lipinski definition) is 2. The van der Waals surface area contributed by atoms with Crippen molar-refractivity contribution in [1.29, 1.82) is 0 Å². The SMILES string of the molecule is Cc1cc(C)nc(-c2ccc3ccccc3c2)n1. The second-order valence-corrected chi connectivity index (χ2v) is 4.54. The molecular formula is C16H14N2. The summed E-state index contributed by atoms with van der Waals surface area (Å²) in [4.78, 5) is 9.00. The molecule has 0 aliphatic heterocycles. The van der Waals surface area contributed by atoms with Gasteiger partial charge in [-0.15, -0.1) is 0 Å². The predicted octanol–water partition coefficient (Wildman–Crippen LogP) is 3.91. The fourth-order valence-corrected chi connectivity index (χ4v) is 2.18. The maximum atomic E-state index is 4.50. The maximum absolute atomic E-state index is 4.50. The minimum atomic E-state index is 0.804. The van der Waals surface area contributed by atoms with Crippen LogP contribution in [0.2, 0.25) is 0 Å². The summed E-state index contributed by atoms with van der Waals surface area (Å²) < 4.78 is 0. The van der Waals surface area contributed by atoms with Crippen molar-refractivity contribution in [2.75, 3.05) is 0 Å². The van der Waals surface area contributed by atoms with E-state index < -0.39 is 0 Å². The molecule has 0 aliphatic carbocycles. The monoisotopic (exact) mass is 234 g/mol. The zero-order chi connectivity index (χ0) is 12.5. The lowest BCUT2D eigenvalue weighted by atomic mass is 10.1. The highest BCUT2D eigenvalue weighted by molar-refractivity contribution is 5.86. The van der Waals surface area contributed by atoms with Gasteiger partial charge in [0.25, 0.3) is 0 Å². The van der Waals surface area contributed by atoms with Crippen molar-refractivity contribution in [1.82, 2.24) is 9.97 Å². The molecule has 2 nitrogen and oxygen atoms in total. The lowest BCUT2D eigenvalue weighted by Gasteiger charge is -2.05. The van der Waals surface area contributed by atoms with E-state index in [-0.39, 0.29) is 0 Å². The summed E-state index contributed by atoms with van der Waals surface area (Å²) in [6.07, 6.45) is 0. The van der Waals surface area contributed by atoms with Gasteiger partial charge in [0.2, 0.25) is 0 Å². The van der Waals surface area contributed by atoms with Crippen LogP contribution in [-0.2, 0) is 0 Å². The second kappa shape index (κ2) is 4.22. The van der Waals surface area contributed by atoms with Crippen molar-refractivity contribution in [3.05, 3.63) is 59.9 Å². The van der Waals surface area contributed by atoms with E-state index in [2.05, 4.69) is 52.4 Å². The number of aromatic nitrogens is 2. The van der Waals surface area contributed by atoms with Crippen LogP contribution in [0.15, 0.2) is 48.5 Å². The van der Waals surface area contributed by atoms with E-state index in [4.69, 9.17) is 0 Å². The first-order valence-electron chi connectivity index (χ1n) is 6.04. The molecule has 0 bridgehead atoms. The van der Waals surface area contributed by atoms with E-state index in [0.29, 0.717) is 0 Å². The Morgan fingerprint density at radius 2 is 1.39 bits per heavy atom. The molecule has 0 saturated carbocycles. The summed E-state index contributed by atoms with van der Waals surface area (Å²) in [5, 5.41) is 2.46. The lowest BCUT2D eigenvalue weighted by molar-refractivity contribution is 1.06. The van der Waals surface area contributed by atoms with Gasteiger partial charge in [0.1, 0.15) is 0 Å². The molecular weight excluding hydrogens is 220 g/mol. The quantitative estimate of drug-likeness (QED) is 0.638. The highest BCUT2D eigenvalue weighted by Gasteiger charge is 2.04. The van der Waals surface area contributed by atoms with E-state index in [9.17, 15) is 0 Å². The van der Waals surface area contributed by atoms with Crippen molar-refractivity contribution in [2.24, 2.45) is 0 Å². The van der Waals surface area contributed by atoms with Crippen LogP contribution < -0.4 is 0 Å². The Morgan fingerprint density at radius 3 is 2.11 bits per heavy atom. The molecule has 18 heavy (non-hydrogen) atoms. The molecule has 0 aliphatic rings. The minimum absolute atomic E-state index is 0.804. The zero-order valence-corrected chi connectivity index (χ0v) is 10.5. The summed E-state index contributed by atoms with van der Waals surface area (Å²) in [7, 11) is 0. The number of rotatable bonds is 1. The fraction of sp³-hybridized carbons (Fsp3) is 0.125. The highest BCUT2D eigenvalue weighted by atomic mass is 14.9. The van der Waals surface area contributed by atoms with Crippen LogP contribution in [0.25, 0.3) is 22.2 Å². The Kier molecular flexibility index (Phi) is 2.56. The molecule has 0 atom stereocenters. The lowest BCUT2D eigenvalue weighted by Crippen LogP contribution is -1.94. The van der Waals surface area contributed by atoms with Crippen LogP contribution >= 0.6 is 0 Å². The van der Waals surface area contributed by atoms with Gasteiger partial charge >= 0.3 is 0 Å². The van der Waals surface area contributed by atoms with Crippen molar-refractivity contribution in [3.8, 4) is 11.4 Å². The largest absolute Gasteiger partial charge is 0.233 e. The molecule has 0 spiro atoms. The van der Waals surface area contributed by atoms with E-state index >= 15 is 0 Å². The first-order chi connectivity index (χ1) is 8.72. The summed E-state index contributed by atoms with van der Waals surface area (Å²) in [6.45, 7) is 4.00. The Morgan fingerprint density at radius 1 is 0.722 bits per heavy atom. The van der Waals surface area contributed by atoms with Crippen molar-refractivity contribution in [2.45, 2.75) is 13.8 Å². The van der Waals surface area contributed by atoms with Crippen molar-refractivity contribution >= 4 is 10.8 Å². The molecule has 1 aromatic heterocycles. The molecule has 2 heteroatoms. The number of hydrogen-bond donors (Lipinski definition) is 0. The van der Waals surface area contributed by atoms with Gasteiger partial charge in [0.15, 0.2) is 5.82 Å². The van der Waals surface area contributed by atoms with Gasteiger partial charge in [-0.1, -0.05) is 36.4 Å². The summed E-state index contributed by atoms with van der Waals surface area (Å²) in [5.41, 5.74) is 3.08. The molecule has 2 aromatic carbocycles. The molecule has 3 aromatic rings. The molecule has 0 fully saturated rings. The van der Waals surface area contributed by atoms with Gasteiger partial charge < -0.3 is 0 Å². The number of aryl methyl sites for hydroxylation is 2. The van der Waals surface area contributed by atoms with Gasteiger partial charge in [-0.05, 0) is 36.8 Å². The van der Waals surface area contributed by atoms with Gasteiger partial charge in [-0.25, -0.2) is 9.97 Å². The molecule has 88 valence electrons. The first-order valence-corrected chi connectivity index (χ1v) is 6.04.